The lowest BCUT2D eigenvalue weighted by atomic mass is 9.88. The van der Waals surface area contributed by atoms with Crippen LogP contribution in [0.1, 0.15) is 48.7 Å². The molecule has 2 aromatic rings. The highest BCUT2D eigenvalue weighted by Gasteiger charge is 2.23. The quantitative estimate of drug-likeness (QED) is 0.644. The van der Waals surface area contributed by atoms with Crippen LogP contribution in [-0.4, -0.2) is 5.91 Å². The van der Waals surface area contributed by atoms with Crippen LogP contribution in [0.4, 0.5) is 0 Å². The second kappa shape index (κ2) is 7.94. The van der Waals surface area contributed by atoms with Crippen molar-refractivity contribution < 1.29 is 4.79 Å². The molecule has 1 heterocycles. The summed E-state index contributed by atoms with van der Waals surface area (Å²) in [5, 5.41) is 5.15. The SMILES string of the molecule is CCC(CC)C(NC(=O)c1csc(I)c1)c1ccccc1. The molecule has 0 saturated carbocycles. The van der Waals surface area contributed by atoms with Crippen molar-refractivity contribution in [3.63, 3.8) is 0 Å². The molecule has 1 amide bonds. The van der Waals surface area contributed by atoms with Crippen molar-refractivity contribution in [1.29, 1.82) is 0 Å². The highest BCUT2D eigenvalue weighted by Crippen LogP contribution is 2.28. The van der Waals surface area contributed by atoms with Crippen molar-refractivity contribution in [2.45, 2.75) is 32.7 Å². The van der Waals surface area contributed by atoms with E-state index in [9.17, 15) is 4.79 Å². The smallest absolute Gasteiger partial charge is 0.252 e. The van der Waals surface area contributed by atoms with Crippen LogP contribution in [0.3, 0.4) is 0 Å². The van der Waals surface area contributed by atoms with Crippen LogP contribution in [0.5, 0.6) is 0 Å². The molecule has 1 aromatic heterocycles. The Labute approximate surface area is 144 Å². The van der Waals surface area contributed by atoms with E-state index in [1.807, 2.05) is 29.6 Å². The molecule has 2 nitrogen and oxygen atoms in total. The molecule has 0 fully saturated rings. The zero-order valence-electron chi connectivity index (χ0n) is 12.3. The molecule has 112 valence electrons. The Morgan fingerprint density at radius 2 is 1.90 bits per heavy atom. The third-order valence-electron chi connectivity index (χ3n) is 3.80. The van der Waals surface area contributed by atoms with Crippen LogP contribution in [0.2, 0.25) is 0 Å². The maximum absolute atomic E-state index is 12.5. The first kappa shape index (κ1) is 16.5. The van der Waals surface area contributed by atoms with Crippen molar-refractivity contribution in [1.82, 2.24) is 5.32 Å². The normalized spacial score (nSPS) is 12.4. The molecule has 2 rings (SSSR count). The Kier molecular flexibility index (Phi) is 6.23. The number of benzene rings is 1. The summed E-state index contributed by atoms with van der Waals surface area (Å²) in [6.45, 7) is 4.37. The van der Waals surface area contributed by atoms with Gasteiger partial charge in [0.15, 0.2) is 0 Å². The van der Waals surface area contributed by atoms with Crippen molar-refractivity contribution in [3.8, 4) is 0 Å². The highest BCUT2D eigenvalue weighted by molar-refractivity contribution is 14.1. The summed E-state index contributed by atoms with van der Waals surface area (Å²) in [7, 11) is 0. The maximum atomic E-state index is 12.5. The van der Waals surface area contributed by atoms with Crippen LogP contribution in [0.15, 0.2) is 41.8 Å². The summed E-state index contributed by atoms with van der Waals surface area (Å²) in [5.74, 6) is 0.476. The van der Waals surface area contributed by atoms with E-state index in [1.54, 1.807) is 11.3 Å². The highest BCUT2D eigenvalue weighted by atomic mass is 127. The molecule has 1 N–H and O–H groups in total. The van der Waals surface area contributed by atoms with E-state index >= 15 is 0 Å². The molecule has 1 unspecified atom stereocenters. The topological polar surface area (TPSA) is 29.1 Å². The third kappa shape index (κ3) is 4.30. The monoisotopic (exact) mass is 413 g/mol. The minimum absolute atomic E-state index is 0.0231. The summed E-state index contributed by atoms with van der Waals surface area (Å²) < 4.78 is 1.14. The number of nitrogens with one attached hydrogen (secondary N) is 1. The summed E-state index contributed by atoms with van der Waals surface area (Å²) in [6.07, 6.45) is 2.11. The van der Waals surface area contributed by atoms with Gasteiger partial charge in [-0.05, 0) is 40.1 Å². The number of hydrogen-bond donors (Lipinski definition) is 1. The van der Waals surface area contributed by atoms with E-state index in [1.165, 1.54) is 5.56 Å². The van der Waals surface area contributed by atoms with Gasteiger partial charge in [0.25, 0.3) is 5.91 Å². The molecule has 4 heteroatoms. The maximum Gasteiger partial charge on any atom is 0.252 e. The lowest BCUT2D eigenvalue weighted by Gasteiger charge is -2.27. The number of carbonyl (C=O) groups excluding carboxylic acids is 1. The van der Waals surface area contributed by atoms with Gasteiger partial charge in [0, 0.05) is 5.38 Å². The first-order chi connectivity index (χ1) is 10.2. The van der Waals surface area contributed by atoms with Gasteiger partial charge in [-0.15, -0.1) is 11.3 Å². The second-order valence-electron chi connectivity index (χ2n) is 5.08. The molecule has 0 aliphatic rings. The van der Waals surface area contributed by atoms with Gasteiger partial charge >= 0.3 is 0 Å². The Morgan fingerprint density at radius 1 is 1.24 bits per heavy atom. The van der Waals surface area contributed by atoms with Crippen LogP contribution >= 0.6 is 33.9 Å². The molecule has 1 atom stereocenters. The molecule has 0 radical (unpaired) electrons. The van der Waals surface area contributed by atoms with Crippen LogP contribution in [0.25, 0.3) is 0 Å². The van der Waals surface area contributed by atoms with E-state index in [-0.39, 0.29) is 11.9 Å². The van der Waals surface area contributed by atoms with Crippen molar-refractivity contribution in [2.24, 2.45) is 5.92 Å². The van der Waals surface area contributed by atoms with Gasteiger partial charge in [0.05, 0.1) is 14.5 Å². The Morgan fingerprint density at radius 3 is 2.43 bits per heavy atom. The minimum atomic E-state index is 0.0231. The van der Waals surface area contributed by atoms with E-state index in [2.05, 4.69) is 53.9 Å². The lowest BCUT2D eigenvalue weighted by Crippen LogP contribution is -2.33. The van der Waals surface area contributed by atoms with Gasteiger partial charge in [0.2, 0.25) is 0 Å². The second-order valence-corrected chi connectivity index (χ2v) is 7.88. The average molecular weight is 413 g/mol. The molecular formula is C17H20INOS. The number of hydrogen-bond acceptors (Lipinski definition) is 2. The van der Waals surface area contributed by atoms with Crippen molar-refractivity contribution >= 4 is 39.8 Å². The number of carbonyl (C=O) groups is 1. The van der Waals surface area contributed by atoms with Gasteiger partial charge in [-0.1, -0.05) is 57.0 Å². The standard InChI is InChI=1S/C17H20INOS/c1-3-12(4-2)16(13-8-6-5-7-9-13)19-17(20)14-10-15(18)21-11-14/h5-12,16H,3-4H2,1-2H3,(H,19,20). The Hall–Kier alpha value is -0.880. The predicted molar refractivity (Wildman–Crippen MR) is 97.8 cm³/mol. The number of thiophene rings is 1. The van der Waals surface area contributed by atoms with E-state index < -0.39 is 0 Å². The lowest BCUT2D eigenvalue weighted by molar-refractivity contribution is 0.0920. The van der Waals surface area contributed by atoms with Gasteiger partial charge in [-0.3, -0.25) is 4.79 Å². The van der Waals surface area contributed by atoms with E-state index in [0.29, 0.717) is 5.92 Å². The summed E-state index contributed by atoms with van der Waals surface area (Å²) in [4.78, 5) is 12.5. The molecule has 0 spiro atoms. The molecule has 0 aliphatic carbocycles. The van der Waals surface area contributed by atoms with Crippen molar-refractivity contribution in [3.05, 3.63) is 55.8 Å². The largest absolute Gasteiger partial charge is 0.345 e. The molecule has 0 aliphatic heterocycles. The average Bonchev–Trinajstić information content (AvgIpc) is 2.95. The summed E-state index contributed by atoms with van der Waals surface area (Å²) in [5.41, 5.74) is 1.95. The Balaban J connectivity index is 2.22. The van der Waals surface area contributed by atoms with Gasteiger partial charge in [-0.25, -0.2) is 0 Å². The molecule has 0 bridgehead atoms. The van der Waals surface area contributed by atoms with Crippen LogP contribution in [0, 0.1) is 8.80 Å². The first-order valence-electron chi connectivity index (χ1n) is 7.25. The fourth-order valence-electron chi connectivity index (χ4n) is 2.55. The fourth-order valence-corrected chi connectivity index (χ4v) is 3.87. The first-order valence-corrected chi connectivity index (χ1v) is 9.21. The predicted octanol–water partition coefficient (Wildman–Crippen LogP) is 5.26. The number of halogens is 1. The van der Waals surface area contributed by atoms with Crippen molar-refractivity contribution in [2.75, 3.05) is 0 Å². The number of rotatable bonds is 6. The third-order valence-corrected chi connectivity index (χ3v) is 5.58. The van der Waals surface area contributed by atoms with E-state index in [4.69, 9.17) is 0 Å². The minimum Gasteiger partial charge on any atom is -0.345 e. The zero-order chi connectivity index (χ0) is 15.2. The van der Waals surface area contributed by atoms with Gasteiger partial charge < -0.3 is 5.32 Å². The molecular weight excluding hydrogens is 393 g/mol. The Bertz CT molecular complexity index is 577. The van der Waals surface area contributed by atoms with Gasteiger partial charge in [-0.2, -0.15) is 0 Å². The number of amides is 1. The molecule has 21 heavy (non-hydrogen) atoms. The van der Waals surface area contributed by atoms with Gasteiger partial charge in [0.1, 0.15) is 0 Å². The van der Waals surface area contributed by atoms with E-state index in [0.717, 1.165) is 21.3 Å². The molecule has 0 saturated heterocycles. The zero-order valence-corrected chi connectivity index (χ0v) is 15.3. The van der Waals surface area contributed by atoms with Crippen LogP contribution < -0.4 is 5.32 Å². The summed E-state index contributed by atoms with van der Waals surface area (Å²) >= 11 is 3.85. The molecule has 1 aromatic carbocycles. The fraction of sp³-hybridized carbons (Fsp3) is 0.353. The summed E-state index contributed by atoms with van der Waals surface area (Å²) in [6, 6.07) is 12.3. The van der Waals surface area contributed by atoms with Crippen LogP contribution in [-0.2, 0) is 0 Å².